The largest absolute Gasteiger partial charge is 0.330 e. The van der Waals surface area contributed by atoms with Crippen molar-refractivity contribution in [3.8, 4) is 0 Å². The Morgan fingerprint density at radius 1 is 1.32 bits per heavy atom. The van der Waals surface area contributed by atoms with Crippen molar-refractivity contribution < 1.29 is 4.79 Å². The van der Waals surface area contributed by atoms with Crippen molar-refractivity contribution in [2.45, 2.75) is 31.8 Å². The lowest BCUT2D eigenvalue weighted by Crippen LogP contribution is -2.40. The fraction of sp³-hybridized carbons (Fsp3) is 0.412. The summed E-state index contributed by atoms with van der Waals surface area (Å²) in [5.74, 6) is 0.124. The van der Waals surface area contributed by atoms with E-state index >= 15 is 0 Å². The molecule has 0 unspecified atom stereocenters. The predicted octanol–water partition coefficient (Wildman–Crippen LogP) is 2.93. The minimum atomic E-state index is 0.124. The Bertz CT molecular complexity index is 577. The third kappa shape index (κ3) is 3.72. The maximum Gasteiger partial charge on any atom is 0.255 e. The predicted molar refractivity (Wildman–Crippen MR) is 88.9 cm³/mol. The van der Waals surface area contributed by atoms with Crippen molar-refractivity contribution in [1.29, 1.82) is 0 Å². The van der Waals surface area contributed by atoms with Crippen LogP contribution in [0.1, 0.15) is 35.3 Å². The summed E-state index contributed by atoms with van der Waals surface area (Å²) in [5.41, 5.74) is 1.74. The van der Waals surface area contributed by atoms with Gasteiger partial charge in [0.1, 0.15) is 0 Å². The van der Waals surface area contributed by atoms with Crippen LogP contribution in [0, 0.1) is 0 Å². The maximum absolute atomic E-state index is 12.9. The number of aromatic nitrogens is 1. The zero-order chi connectivity index (χ0) is 15.2. The number of carbonyl (C=O) groups excluding carboxylic acids is 1. The Kier molecular flexibility index (Phi) is 5.19. The smallest absolute Gasteiger partial charge is 0.255 e. The molecule has 1 aliphatic heterocycles. The molecular formula is C17H21N3OS. The second kappa shape index (κ2) is 7.51. The zero-order valence-electron chi connectivity index (χ0n) is 12.6. The molecule has 0 aliphatic carbocycles. The van der Waals surface area contributed by atoms with Gasteiger partial charge in [-0.2, -0.15) is 11.3 Å². The number of pyridine rings is 1. The fourth-order valence-electron chi connectivity index (χ4n) is 2.90. The molecule has 116 valence electrons. The van der Waals surface area contributed by atoms with Crippen molar-refractivity contribution in [2.24, 2.45) is 0 Å². The third-order valence-electron chi connectivity index (χ3n) is 4.07. The van der Waals surface area contributed by atoms with Crippen LogP contribution in [0.25, 0.3) is 0 Å². The van der Waals surface area contributed by atoms with E-state index in [0.717, 1.165) is 43.6 Å². The molecule has 3 heterocycles. The molecule has 22 heavy (non-hydrogen) atoms. The molecule has 0 bridgehead atoms. The van der Waals surface area contributed by atoms with Crippen molar-refractivity contribution >= 4 is 17.2 Å². The number of thiophene rings is 1. The monoisotopic (exact) mass is 315 g/mol. The van der Waals surface area contributed by atoms with E-state index in [-0.39, 0.29) is 11.9 Å². The van der Waals surface area contributed by atoms with Gasteiger partial charge in [-0.05, 0) is 55.9 Å². The second-order valence-electron chi connectivity index (χ2n) is 5.60. The molecular weight excluding hydrogens is 294 g/mol. The Balaban J connectivity index is 1.82. The van der Waals surface area contributed by atoms with Crippen molar-refractivity contribution in [1.82, 2.24) is 15.2 Å². The number of rotatable bonds is 4. The van der Waals surface area contributed by atoms with Crippen molar-refractivity contribution in [3.05, 3.63) is 52.5 Å². The summed E-state index contributed by atoms with van der Waals surface area (Å²) in [6, 6.07) is 8.06. The minimum Gasteiger partial charge on any atom is -0.330 e. The quantitative estimate of drug-likeness (QED) is 0.943. The highest BCUT2D eigenvalue weighted by Gasteiger charge is 2.26. The average Bonchev–Trinajstić information content (AvgIpc) is 2.96. The van der Waals surface area contributed by atoms with E-state index in [0.29, 0.717) is 6.54 Å². The molecule has 1 amide bonds. The van der Waals surface area contributed by atoms with Gasteiger partial charge in [0.25, 0.3) is 5.91 Å². The first kappa shape index (κ1) is 15.2. The summed E-state index contributed by atoms with van der Waals surface area (Å²) < 4.78 is 0. The molecule has 2 aromatic rings. The van der Waals surface area contributed by atoms with Crippen LogP contribution >= 0.6 is 11.3 Å². The van der Waals surface area contributed by atoms with Crippen LogP contribution in [0.2, 0.25) is 0 Å². The van der Waals surface area contributed by atoms with Gasteiger partial charge >= 0.3 is 0 Å². The van der Waals surface area contributed by atoms with E-state index in [9.17, 15) is 4.79 Å². The molecule has 3 rings (SSSR count). The van der Waals surface area contributed by atoms with E-state index in [1.165, 1.54) is 0 Å². The third-order valence-corrected chi connectivity index (χ3v) is 4.76. The summed E-state index contributed by atoms with van der Waals surface area (Å²) in [5, 5.41) is 7.31. The first-order valence-corrected chi connectivity index (χ1v) is 8.72. The zero-order valence-corrected chi connectivity index (χ0v) is 13.4. The first-order chi connectivity index (χ1) is 10.8. The van der Waals surface area contributed by atoms with Gasteiger partial charge in [-0.1, -0.05) is 6.07 Å². The Labute approximate surface area is 135 Å². The first-order valence-electron chi connectivity index (χ1n) is 7.78. The molecule has 1 saturated heterocycles. The lowest BCUT2D eigenvalue weighted by atomic mass is 10.1. The molecule has 0 radical (unpaired) electrons. The van der Waals surface area contributed by atoms with E-state index < -0.39 is 0 Å². The number of amides is 1. The molecule has 5 heteroatoms. The van der Waals surface area contributed by atoms with E-state index in [4.69, 9.17) is 0 Å². The molecule has 1 N–H and O–H groups in total. The Morgan fingerprint density at radius 2 is 2.27 bits per heavy atom. The summed E-state index contributed by atoms with van der Waals surface area (Å²) in [4.78, 5) is 19.3. The van der Waals surface area contributed by atoms with Gasteiger partial charge in [0.15, 0.2) is 0 Å². The average molecular weight is 315 g/mol. The molecule has 1 aliphatic rings. The van der Waals surface area contributed by atoms with Gasteiger partial charge < -0.3 is 10.2 Å². The summed E-state index contributed by atoms with van der Waals surface area (Å²) in [6.45, 7) is 2.60. The molecule has 4 nitrogen and oxygen atoms in total. The van der Waals surface area contributed by atoms with Crippen LogP contribution in [-0.2, 0) is 6.54 Å². The van der Waals surface area contributed by atoms with Crippen LogP contribution in [0.3, 0.4) is 0 Å². The van der Waals surface area contributed by atoms with Gasteiger partial charge in [-0.15, -0.1) is 0 Å². The van der Waals surface area contributed by atoms with Crippen LogP contribution in [0.5, 0.6) is 0 Å². The standard InChI is InChI=1S/C17H21N3OS/c21-17(14-7-11-22-13-14)20(12-15-4-1-2-9-19-15)16-5-3-8-18-10-6-16/h1-2,4,7,9,11,13,16,18H,3,5-6,8,10,12H2/t16-/m1/s1. The van der Waals surface area contributed by atoms with E-state index in [1.54, 1.807) is 17.5 Å². The number of nitrogens with one attached hydrogen (secondary N) is 1. The summed E-state index contributed by atoms with van der Waals surface area (Å²) in [6.07, 6.45) is 4.95. The van der Waals surface area contributed by atoms with Crippen LogP contribution in [0.4, 0.5) is 0 Å². The van der Waals surface area contributed by atoms with Crippen LogP contribution < -0.4 is 5.32 Å². The SMILES string of the molecule is O=C(c1ccsc1)N(Cc1ccccn1)[C@@H]1CCCNCC1. The maximum atomic E-state index is 12.9. The molecule has 1 atom stereocenters. The normalized spacial score (nSPS) is 18.6. The number of hydrogen-bond donors (Lipinski definition) is 1. The van der Waals surface area contributed by atoms with E-state index in [2.05, 4.69) is 10.3 Å². The Morgan fingerprint density at radius 3 is 3.05 bits per heavy atom. The fourth-order valence-corrected chi connectivity index (χ4v) is 3.53. The second-order valence-corrected chi connectivity index (χ2v) is 6.38. The molecule has 2 aromatic heterocycles. The number of nitrogens with zero attached hydrogens (tertiary/aromatic N) is 2. The van der Waals surface area contributed by atoms with Gasteiger partial charge in [0.05, 0.1) is 17.8 Å². The lowest BCUT2D eigenvalue weighted by molar-refractivity contribution is 0.0643. The van der Waals surface area contributed by atoms with Crippen LogP contribution in [0.15, 0.2) is 41.2 Å². The lowest BCUT2D eigenvalue weighted by Gasteiger charge is -2.30. The minimum absolute atomic E-state index is 0.124. The molecule has 1 fully saturated rings. The molecule has 0 saturated carbocycles. The highest BCUT2D eigenvalue weighted by Crippen LogP contribution is 2.20. The van der Waals surface area contributed by atoms with Gasteiger partial charge in [0, 0.05) is 17.6 Å². The summed E-state index contributed by atoms with van der Waals surface area (Å²) >= 11 is 1.57. The van der Waals surface area contributed by atoms with E-state index in [1.807, 2.05) is 39.9 Å². The van der Waals surface area contributed by atoms with Gasteiger partial charge in [-0.25, -0.2) is 0 Å². The highest BCUT2D eigenvalue weighted by atomic mass is 32.1. The molecule has 0 aromatic carbocycles. The van der Waals surface area contributed by atoms with Crippen molar-refractivity contribution in [2.75, 3.05) is 13.1 Å². The number of carbonyl (C=O) groups is 1. The van der Waals surface area contributed by atoms with Crippen molar-refractivity contribution in [3.63, 3.8) is 0 Å². The van der Waals surface area contributed by atoms with Gasteiger partial charge in [0.2, 0.25) is 0 Å². The van der Waals surface area contributed by atoms with Crippen LogP contribution in [-0.4, -0.2) is 34.9 Å². The topological polar surface area (TPSA) is 45.2 Å². The molecule has 0 spiro atoms. The summed E-state index contributed by atoms with van der Waals surface area (Å²) in [7, 11) is 0. The Hall–Kier alpha value is -1.72. The van der Waals surface area contributed by atoms with Gasteiger partial charge in [-0.3, -0.25) is 9.78 Å². The number of hydrogen-bond acceptors (Lipinski definition) is 4. The highest BCUT2D eigenvalue weighted by molar-refractivity contribution is 7.08.